The summed E-state index contributed by atoms with van der Waals surface area (Å²) in [6, 6.07) is 12.1. The second kappa shape index (κ2) is 11.4. The first-order valence-corrected chi connectivity index (χ1v) is 11.9. The van der Waals surface area contributed by atoms with Crippen LogP contribution >= 0.6 is 0 Å². The van der Waals surface area contributed by atoms with Crippen molar-refractivity contribution in [3.63, 3.8) is 0 Å². The summed E-state index contributed by atoms with van der Waals surface area (Å²) in [6.45, 7) is 8.20. The molecular weight excluding hydrogens is 432 g/mol. The molecule has 9 heteroatoms. The molecular formula is C25H34N6O3. The number of fused-ring (bicyclic) bond motifs is 1. The summed E-state index contributed by atoms with van der Waals surface area (Å²) in [5.74, 6) is 0.349. The number of pyridine rings is 1. The van der Waals surface area contributed by atoms with E-state index in [1.54, 1.807) is 4.57 Å². The Balaban J connectivity index is 1.62. The lowest BCUT2D eigenvalue weighted by atomic mass is 10.1. The maximum atomic E-state index is 13.3. The maximum Gasteiger partial charge on any atom is 0.295 e. The van der Waals surface area contributed by atoms with E-state index < -0.39 is 0 Å². The van der Waals surface area contributed by atoms with E-state index in [-0.39, 0.29) is 5.56 Å². The monoisotopic (exact) mass is 466 g/mol. The van der Waals surface area contributed by atoms with E-state index in [1.165, 1.54) is 0 Å². The van der Waals surface area contributed by atoms with Crippen LogP contribution in [0.5, 0.6) is 0 Å². The summed E-state index contributed by atoms with van der Waals surface area (Å²) in [5.41, 5.74) is 3.98. The van der Waals surface area contributed by atoms with Crippen LogP contribution < -0.4 is 15.8 Å². The Kier molecular flexibility index (Phi) is 8.10. The summed E-state index contributed by atoms with van der Waals surface area (Å²) in [7, 11) is 4.02. The standard InChI is InChI=1S/C25H34N6O3/c1-4-33-18-15-31-24-22(10-9-21(28-24)19-5-7-20(8-6-19)29(2)3)27-23(25(31)32)26-11-12-30-13-16-34-17-14-30/h5-10H,4,11-18H2,1-3H3,(H,26,27). The predicted octanol–water partition coefficient (Wildman–Crippen LogP) is 2.31. The molecule has 3 aromatic rings. The van der Waals surface area contributed by atoms with Crippen molar-refractivity contribution in [2.75, 3.05) is 76.9 Å². The molecule has 9 nitrogen and oxygen atoms in total. The van der Waals surface area contributed by atoms with E-state index in [9.17, 15) is 4.79 Å². The molecule has 34 heavy (non-hydrogen) atoms. The molecule has 182 valence electrons. The van der Waals surface area contributed by atoms with Crippen molar-refractivity contribution in [1.82, 2.24) is 19.4 Å². The van der Waals surface area contributed by atoms with Crippen molar-refractivity contribution in [3.8, 4) is 11.3 Å². The van der Waals surface area contributed by atoms with Gasteiger partial charge < -0.3 is 19.7 Å². The molecule has 0 bridgehead atoms. The Morgan fingerprint density at radius 2 is 1.82 bits per heavy atom. The molecule has 1 aliphatic heterocycles. The zero-order valence-corrected chi connectivity index (χ0v) is 20.3. The molecule has 1 aromatic carbocycles. The van der Waals surface area contributed by atoms with Gasteiger partial charge in [-0.1, -0.05) is 12.1 Å². The van der Waals surface area contributed by atoms with Crippen LogP contribution in [0.1, 0.15) is 6.92 Å². The lowest BCUT2D eigenvalue weighted by molar-refractivity contribution is 0.0398. The quantitative estimate of drug-likeness (QED) is 0.456. The summed E-state index contributed by atoms with van der Waals surface area (Å²) >= 11 is 0. The third-order valence-corrected chi connectivity index (χ3v) is 5.96. The number of benzene rings is 1. The van der Waals surface area contributed by atoms with Crippen LogP contribution in [0, 0.1) is 0 Å². The Morgan fingerprint density at radius 3 is 2.53 bits per heavy atom. The van der Waals surface area contributed by atoms with Crippen LogP contribution in [-0.2, 0) is 16.0 Å². The average molecular weight is 467 g/mol. The number of anilines is 2. The molecule has 0 amide bonds. The van der Waals surface area contributed by atoms with Crippen molar-refractivity contribution in [3.05, 3.63) is 46.8 Å². The van der Waals surface area contributed by atoms with Crippen molar-refractivity contribution < 1.29 is 9.47 Å². The minimum Gasteiger partial charge on any atom is -0.380 e. The lowest BCUT2D eigenvalue weighted by Gasteiger charge is -2.26. The lowest BCUT2D eigenvalue weighted by Crippen LogP contribution is -2.39. The Morgan fingerprint density at radius 1 is 1.06 bits per heavy atom. The molecule has 2 aromatic heterocycles. The normalized spacial score (nSPS) is 14.4. The van der Waals surface area contributed by atoms with Crippen LogP contribution in [-0.4, -0.2) is 86.1 Å². The van der Waals surface area contributed by atoms with E-state index in [1.807, 2.05) is 45.3 Å². The van der Waals surface area contributed by atoms with Gasteiger partial charge in [-0.25, -0.2) is 9.97 Å². The summed E-state index contributed by atoms with van der Waals surface area (Å²) in [5, 5.41) is 3.25. The Bertz CT molecular complexity index is 1140. The number of nitrogens with one attached hydrogen (secondary N) is 1. The van der Waals surface area contributed by atoms with E-state index >= 15 is 0 Å². The van der Waals surface area contributed by atoms with Crippen molar-refractivity contribution in [2.24, 2.45) is 0 Å². The van der Waals surface area contributed by atoms with Crippen LogP contribution in [0.25, 0.3) is 22.4 Å². The van der Waals surface area contributed by atoms with Crippen LogP contribution in [0.4, 0.5) is 11.5 Å². The smallest absolute Gasteiger partial charge is 0.295 e. The van der Waals surface area contributed by atoms with Crippen molar-refractivity contribution >= 4 is 22.7 Å². The third kappa shape index (κ3) is 5.72. The zero-order chi connectivity index (χ0) is 23.9. The van der Waals surface area contributed by atoms with Crippen LogP contribution in [0.3, 0.4) is 0 Å². The zero-order valence-electron chi connectivity index (χ0n) is 20.3. The first kappa shape index (κ1) is 24.1. The van der Waals surface area contributed by atoms with Gasteiger partial charge in [-0.3, -0.25) is 14.3 Å². The summed E-state index contributed by atoms with van der Waals surface area (Å²) in [4.78, 5) is 27.2. The van der Waals surface area contributed by atoms with Crippen molar-refractivity contribution in [1.29, 1.82) is 0 Å². The van der Waals surface area contributed by atoms with Gasteiger partial charge in [0.05, 0.1) is 32.1 Å². The van der Waals surface area contributed by atoms with E-state index in [0.29, 0.717) is 43.3 Å². The topological polar surface area (TPSA) is 84.8 Å². The number of ether oxygens (including phenoxy) is 2. The van der Waals surface area contributed by atoms with Crippen LogP contribution in [0.2, 0.25) is 0 Å². The van der Waals surface area contributed by atoms with Gasteiger partial charge in [-0.15, -0.1) is 0 Å². The molecule has 0 aliphatic carbocycles. The molecule has 0 unspecified atom stereocenters. The number of rotatable bonds is 10. The van der Waals surface area contributed by atoms with Crippen molar-refractivity contribution in [2.45, 2.75) is 13.5 Å². The molecule has 0 saturated carbocycles. The number of hydrogen-bond acceptors (Lipinski definition) is 8. The van der Waals surface area contributed by atoms with E-state index in [2.05, 4.69) is 32.2 Å². The first-order chi connectivity index (χ1) is 16.6. The number of morpholine rings is 1. The molecule has 1 aliphatic rings. The largest absolute Gasteiger partial charge is 0.380 e. The fourth-order valence-electron chi connectivity index (χ4n) is 3.99. The van der Waals surface area contributed by atoms with Gasteiger partial charge in [-0.05, 0) is 31.2 Å². The SMILES string of the molecule is CCOCCn1c(=O)c(NCCN2CCOCC2)nc2ccc(-c3ccc(N(C)C)cc3)nc21. The molecule has 0 atom stereocenters. The molecule has 0 spiro atoms. The number of hydrogen-bond donors (Lipinski definition) is 1. The summed E-state index contributed by atoms with van der Waals surface area (Å²) in [6.07, 6.45) is 0. The van der Waals surface area contributed by atoms with E-state index in [0.717, 1.165) is 49.8 Å². The van der Waals surface area contributed by atoms with Gasteiger partial charge in [0.25, 0.3) is 5.56 Å². The second-order valence-electron chi connectivity index (χ2n) is 8.48. The fraction of sp³-hybridized carbons (Fsp3) is 0.480. The highest BCUT2D eigenvalue weighted by Gasteiger charge is 2.15. The average Bonchev–Trinajstić information content (AvgIpc) is 2.86. The number of nitrogens with zero attached hydrogens (tertiary/aromatic N) is 5. The van der Waals surface area contributed by atoms with Gasteiger partial charge in [0.1, 0.15) is 5.52 Å². The van der Waals surface area contributed by atoms with Gasteiger partial charge in [0.15, 0.2) is 11.5 Å². The molecule has 0 radical (unpaired) electrons. The molecule has 3 heterocycles. The predicted molar refractivity (Wildman–Crippen MR) is 136 cm³/mol. The van der Waals surface area contributed by atoms with Gasteiger partial charge in [-0.2, -0.15) is 0 Å². The van der Waals surface area contributed by atoms with E-state index in [4.69, 9.17) is 14.5 Å². The van der Waals surface area contributed by atoms with Gasteiger partial charge in [0.2, 0.25) is 0 Å². The van der Waals surface area contributed by atoms with Crippen LogP contribution in [0.15, 0.2) is 41.2 Å². The molecule has 4 rings (SSSR count). The van der Waals surface area contributed by atoms with Gasteiger partial charge >= 0.3 is 0 Å². The Hall–Kier alpha value is -3.01. The molecule has 1 fully saturated rings. The van der Waals surface area contributed by atoms with Gasteiger partial charge in [0, 0.05) is 58.1 Å². The summed E-state index contributed by atoms with van der Waals surface area (Å²) < 4.78 is 12.6. The highest BCUT2D eigenvalue weighted by Crippen LogP contribution is 2.23. The molecule has 1 saturated heterocycles. The second-order valence-corrected chi connectivity index (χ2v) is 8.48. The minimum absolute atomic E-state index is 0.179. The molecule has 1 N–H and O–H groups in total. The third-order valence-electron chi connectivity index (χ3n) is 5.96. The maximum absolute atomic E-state index is 13.3. The Labute approximate surface area is 200 Å². The highest BCUT2D eigenvalue weighted by molar-refractivity contribution is 5.77. The fourth-order valence-corrected chi connectivity index (χ4v) is 3.99. The minimum atomic E-state index is -0.179. The number of aromatic nitrogens is 3. The first-order valence-electron chi connectivity index (χ1n) is 11.9. The highest BCUT2D eigenvalue weighted by atomic mass is 16.5.